The molecule has 1 aromatic carbocycles. The highest BCUT2D eigenvalue weighted by molar-refractivity contribution is 6.30. The number of rotatable bonds is 4. The summed E-state index contributed by atoms with van der Waals surface area (Å²) in [5, 5.41) is 1.48. The van der Waals surface area contributed by atoms with Crippen LogP contribution >= 0.6 is 23.2 Å². The molecule has 0 bridgehead atoms. The van der Waals surface area contributed by atoms with Gasteiger partial charge < -0.3 is 9.64 Å². The summed E-state index contributed by atoms with van der Waals surface area (Å²) in [5.74, 6) is 1.02. The lowest BCUT2D eigenvalue weighted by Gasteiger charge is -2.46. The molecule has 2 atom stereocenters. The Morgan fingerprint density at radius 1 is 1.04 bits per heavy atom. The molecule has 28 heavy (non-hydrogen) atoms. The molecule has 0 N–H and O–H groups in total. The number of morpholine rings is 1. The minimum atomic E-state index is 0.289. The lowest BCUT2D eigenvalue weighted by atomic mass is 9.96. The Bertz CT molecular complexity index is 760. The molecule has 2 aliphatic rings. The fraction of sp³-hybridized carbons (Fsp3) is 0.500. The van der Waals surface area contributed by atoms with Gasteiger partial charge in [0.1, 0.15) is 5.82 Å². The van der Waals surface area contributed by atoms with Crippen molar-refractivity contribution in [1.29, 1.82) is 0 Å². The number of piperidine rings is 1. The normalized spacial score (nSPS) is 24.5. The van der Waals surface area contributed by atoms with Gasteiger partial charge in [-0.15, -0.1) is 0 Å². The van der Waals surface area contributed by atoms with E-state index >= 15 is 0 Å². The van der Waals surface area contributed by atoms with Crippen LogP contribution in [0.5, 0.6) is 0 Å². The van der Waals surface area contributed by atoms with Gasteiger partial charge in [-0.25, -0.2) is 4.98 Å². The van der Waals surface area contributed by atoms with Crippen molar-refractivity contribution in [2.75, 3.05) is 31.1 Å². The first-order chi connectivity index (χ1) is 13.6. The molecule has 0 saturated carbocycles. The highest BCUT2D eigenvalue weighted by Gasteiger charge is 2.34. The van der Waals surface area contributed by atoms with E-state index in [0.717, 1.165) is 56.3 Å². The molecule has 0 spiro atoms. The summed E-state index contributed by atoms with van der Waals surface area (Å²) in [4.78, 5) is 9.53. The summed E-state index contributed by atoms with van der Waals surface area (Å²) < 4.78 is 6.01. The third-order valence-corrected chi connectivity index (χ3v) is 6.34. The molecule has 0 radical (unpaired) electrons. The maximum absolute atomic E-state index is 6.04. The molecule has 150 valence electrons. The second-order valence-corrected chi connectivity index (χ2v) is 8.75. The van der Waals surface area contributed by atoms with Gasteiger partial charge in [-0.1, -0.05) is 35.3 Å². The Kier molecular flexibility index (Phi) is 6.42. The number of aromatic nitrogens is 1. The number of hydrogen-bond donors (Lipinski definition) is 0. The molecular formula is C22H27Cl2N3O. The Hall–Kier alpha value is -1.33. The van der Waals surface area contributed by atoms with E-state index in [1.165, 1.54) is 5.56 Å². The van der Waals surface area contributed by atoms with Crippen molar-refractivity contribution in [3.05, 3.63) is 58.2 Å². The van der Waals surface area contributed by atoms with E-state index in [4.69, 9.17) is 27.9 Å². The van der Waals surface area contributed by atoms with Crippen LogP contribution in [0.25, 0.3) is 0 Å². The number of hydrogen-bond acceptors (Lipinski definition) is 4. The lowest BCUT2D eigenvalue weighted by Crippen LogP contribution is -2.56. The molecule has 2 saturated heterocycles. The van der Waals surface area contributed by atoms with Crippen molar-refractivity contribution in [2.24, 2.45) is 0 Å². The monoisotopic (exact) mass is 419 g/mol. The Balaban J connectivity index is 1.40. The molecule has 6 heteroatoms. The second kappa shape index (κ2) is 9.00. The molecule has 1 aromatic heterocycles. The Morgan fingerprint density at radius 3 is 2.43 bits per heavy atom. The van der Waals surface area contributed by atoms with Crippen LogP contribution in [-0.2, 0) is 11.2 Å². The fourth-order valence-electron chi connectivity index (χ4n) is 4.37. The molecular weight excluding hydrogens is 393 g/mol. The minimum absolute atomic E-state index is 0.289. The van der Waals surface area contributed by atoms with Crippen molar-refractivity contribution in [1.82, 2.24) is 9.88 Å². The average Bonchev–Trinajstić information content (AvgIpc) is 2.72. The zero-order valence-electron chi connectivity index (χ0n) is 16.2. The Labute approximate surface area is 177 Å². The van der Waals surface area contributed by atoms with Crippen LogP contribution in [0, 0.1) is 0 Å². The van der Waals surface area contributed by atoms with E-state index in [-0.39, 0.29) is 6.10 Å². The van der Waals surface area contributed by atoms with Gasteiger partial charge in [0.05, 0.1) is 17.7 Å². The zero-order valence-corrected chi connectivity index (χ0v) is 17.7. The van der Waals surface area contributed by atoms with Crippen LogP contribution in [0.2, 0.25) is 10.0 Å². The summed E-state index contributed by atoms with van der Waals surface area (Å²) in [6.07, 6.45) is 5.32. The number of pyridine rings is 1. The lowest BCUT2D eigenvalue weighted by molar-refractivity contribution is -0.0745. The van der Waals surface area contributed by atoms with Crippen LogP contribution in [0.1, 0.15) is 25.3 Å². The number of ether oxygens (including phenoxy) is 1. The van der Waals surface area contributed by atoms with E-state index in [0.29, 0.717) is 17.1 Å². The summed E-state index contributed by atoms with van der Waals surface area (Å²) in [6, 6.07) is 13.2. The van der Waals surface area contributed by atoms with Gasteiger partial charge in [-0.2, -0.15) is 0 Å². The maximum Gasteiger partial charge on any atom is 0.128 e. The van der Waals surface area contributed by atoms with Crippen molar-refractivity contribution >= 4 is 29.0 Å². The van der Waals surface area contributed by atoms with E-state index in [2.05, 4.69) is 33.8 Å². The molecule has 2 fully saturated rings. The summed E-state index contributed by atoms with van der Waals surface area (Å²) in [6.45, 7) is 6.03. The maximum atomic E-state index is 6.04. The number of halogens is 2. The zero-order chi connectivity index (χ0) is 19.5. The van der Waals surface area contributed by atoms with Gasteiger partial charge in [-0.3, -0.25) is 4.90 Å². The van der Waals surface area contributed by atoms with E-state index in [1.54, 1.807) is 6.20 Å². The first kappa shape index (κ1) is 20.0. The predicted octanol–water partition coefficient (Wildman–Crippen LogP) is 4.69. The molecule has 0 unspecified atom stereocenters. The van der Waals surface area contributed by atoms with Gasteiger partial charge in [0, 0.05) is 42.9 Å². The summed E-state index contributed by atoms with van der Waals surface area (Å²) >= 11 is 12.0. The third kappa shape index (κ3) is 4.80. The highest BCUT2D eigenvalue weighted by atomic mass is 35.5. The van der Waals surface area contributed by atoms with E-state index < -0.39 is 0 Å². The fourth-order valence-corrected chi connectivity index (χ4v) is 4.61. The van der Waals surface area contributed by atoms with E-state index in [9.17, 15) is 0 Å². The molecule has 0 aliphatic carbocycles. The van der Waals surface area contributed by atoms with Crippen LogP contribution in [0.15, 0.2) is 42.6 Å². The first-order valence-corrected chi connectivity index (χ1v) is 10.8. The van der Waals surface area contributed by atoms with Crippen molar-refractivity contribution < 1.29 is 4.74 Å². The quantitative estimate of drug-likeness (QED) is 0.718. The number of nitrogens with zero attached hydrogens (tertiary/aromatic N) is 3. The Morgan fingerprint density at radius 2 is 1.75 bits per heavy atom. The van der Waals surface area contributed by atoms with Crippen LogP contribution in [0.3, 0.4) is 0 Å². The van der Waals surface area contributed by atoms with Crippen molar-refractivity contribution in [3.8, 4) is 0 Å². The first-order valence-electron chi connectivity index (χ1n) is 10.1. The largest absolute Gasteiger partial charge is 0.376 e. The van der Waals surface area contributed by atoms with Crippen LogP contribution in [-0.4, -0.2) is 54.3 Å². The molecule has 4 nitrogen and oxygen atoms in total. The third-order valence-electron chi connectivity index (χ3n) is 5.86. The smallest absolute Gasteiger partial charge is 0.128 e. The highest BCUT2D eigenvalue weighted by Crippen LogP contribution is 2.27. The van der Waals surface area contributed by atoms with Gasteiger partial charge in [-0.05, 0) is 56.0 Å². The summed E-state index contributed by atoms with van der Waals surface area (Å²) in [7, 11) is 0. The minimum Gasteiger partial charge on any atom is -0.376 e. The molecule has 0 amide bonds. The van der Waals surface area contributed by atoms with Gasteiger partial charge in [0.15, 0.2) is 0 Å². The average molecular weight is 420 g/mol. The second-order valence-electron chi connectivity index (χ2n) is 7.88. The predicted molar refractivity (Wildman–Crippen MR) is 116 cm³/mol. The standard InChI is InChI=1S/C22H27Cl2N3O/c1-16-14-27(21(15-28-16)12-17-2-4-18(23)5-3-17)20-8-10-26(11-9-20)22-7-6-19(24)13-25-22/h2-7,13,16,20-21H,8-12,14-15H2,1H3/t16-,21-/m0/s1. The SMILES string of the molecule is C[C@H]1CN(C2CCN(c3ccc(Cl)cn3)CC2)[C@@H](Cc2ccc(Cl)cc2)CO1. The van der Waals surface area contributed by atoms with Crippen molar-refractivity contribution in [3.63, 3.8) is 0 Å². The molecule has 2 aliphatic heterocycles. The van der Waals surface area contributed by atoms with E-state index in [1.807, 2.05) is 24.3 Å². The van der Waals surface area contributed by atoms with Crippen molar-refractivity contribution in [2.45, 2.75) is 44.4 Å². The summed E-state index contributed by atoms with van der Waals surface area (Å²) in [5.41, 5.74) is 1.32. The van der Waals surface area contributed by atoms with Crippen LogP contribution in [0.4, 0.5) is 5.82 Å². The molecule has 2 aromatic rings. The number of benzene rings is 1. The molecule has 3 heterocycles. The van der Waals surface area contributed by atoms with Gasteiger partial charge in [0.25, 0.3) is 0 Å². The van der Waals surface area contributed by atoms with Crippen LogP contribution < -0.4 is 4.90 Å². The van der Waals surface area contributed by atoms with Gasteiger partial charge >= 0.3 is 0 Å². The topological polar surface area (TPSA) is 28.6 Å². The molecule has 4 rings (SSSR count). The van der Waals surface area contributed by atoms with Gasteiger partial charge in [0.2, 0.25) is 0 Å². The number of anilines is 1.